The summed E-state index contributed by atoms with van der Waals surface area (Å²) in [5.74, 6) is -1.69. The summed E-state index contributed by atoms with van der Waals surface area (Å²) in [5, 5.41) is 9.06. The average Bonchev–Trinajstić information content (AvgIpc) is 2.33. The van der Waals surface area contributed by atoms with Crippen molar-refractivity contribution in [3.63, 3.8) is 0 Å². The van der Waals surface area contributed by atoms with E-state index in [1.807, 2.05) is 0 Å². The summed E-state index contributed by atoms with van der Waals surface area (Å²) in [5.41, 5.74) is -0.0393. The summed E-state index contributed by atoms with van der Waals surface area (Å²) in [6.45, 7) is 0. The van der Waals surface area contributed by atoms with E-state index >= 15 is 0 Å². The van der Waals surface area contributed by atoms with Crippen molar-refractivity contribution in [3.05, 3.63) is 56.7 Å². The van der Waals surface area contributed by atoms with Gasteiger partial charge in [-0.2, -0.15) is 0 Å². The lowest BCUT2D eigenvalue weighted by Gasteiger charge is -2.10. The SMILES string of the molecule is O=C(O)c1ccc(Br)cc1Oc1cc(Br)ccc1F. The van der Waals surface area contributed by atoms with Gasteiger partial charge in [0, 0.05) is 8.95 Å². The van der Waals surface area contributed by atoms with E-state index in [4.69, 9.17) is 9.84 Å². The van der Waals surface area contributed by atoms with Crippen LogP contribution < -0.4 is 4.74 Å². The molecule has 0 spiro atoms. The van der Waals surface area contributed by atoms with Gasteiger partial charge >= 0.3 is 5.97 Å². The lowest BCUT2D eigenvalue weighted by atomic mass is 10.2. The van der Waals surface area contributed by atoms with Crippen LogP contribution in [-0.4, -0.2) is 11.1 Å². The maximum atomic E-state index is 13.6. The molecule has 0 aliphatic rings. The first-order chi connectivity index (χ1) is 8.97. The molecule has 0 amide bonds. The molecule has 0 saturated heterocycles. The van der Waals surface area contributed by atoms with Gasteiger partial charge in [-0.1, -0.05) is 31.9 Å². The Labute approximate surface area is 125 Å². The van der Waals surface area contributed by atoms with Crippen LogP contribution in [0.2, 0.25) is 0 Å². The number of carboxylic acid groups (broad SMARTS) is 1. The lowest BCUT2D eigenvalue weighted by Crippen LogP contribution is -2.00. The Morgan fingerprint density at radius 3 is 2.26 bits per heavy atom. The molecule has 0 unspecified atom stereocenters. The third kappa shape index (κ3) is 3.33. The monoisotopic (exact) mass is 388 g/mol. The second kappa shape index (κ2) is 5.71. The predicted molar refractivity (Wildman–Crippen MR) is 75.3 cm³/mol. The molecule has 0 bridgehead atoms. The van der Waals surface area contributed by atoms with Gasteiger partial charge in [0.25, 0.3) is 0 Å². The quantitative estimate of drug-likeness (QED) is 0.816. The normalized spacial score (nSPS) is 10.3. The minimum Gasteiger partial charge on any atom is -0.478 e. The molecule has 2 rings (SSSR count). The van der Waals surface area contributed by atoms with E-state index in [0.29, 0.717) is 8.95 Å². The summed E-state index contributed by atoms with van der Waals surface area (Å²) in [4.78, 5) is 11.1. The van der Waals surface area contributed by atoms with Crippen LogP contribution in [0.15, 0.2) is 45.3 Å². The van der Waals surface area contributed by atoms with Crippen molar-refractivity contribution in [2.24, 2.45) is 0 Å². The topological polar surface area (TPSA) is 46.5 Å². The molecular formula is C13H7Br2FO3. The van der Waals surface area contributed by atoms with Crippen LogP contribution in [0, 0.1) is 5.82 Å². The zero-order valence-corrected chi connectivity index (χ0v) is 12.5. The van der Waals surface area contributed by atoms with Crippen LogP contribution >= 0.6 is 31.9 Å². The lowest BCUT2D eigenvalue weighted by molar-refractivity contribution is 0.0694. The summed E-state index contributed by atoms with van der Waals surface area (Å²) < 4.78 is 20.2. The number of aromatic carboxylic acids is 1. The number of rotatable bonds is 3. The fourth-order valence-corrected chi connectivity index (χ4v) is 2.11. The molecule has 0 saturated carbocycles. The highest BCUT2D eigenvalue weighted by molar-refractivity contribution is 9.10. The second-order valence-electron chi connectivity index (χ2n) is 3.62. The predicted octanol–water partition coefficient (Wildman–Crippen LogP) is 4.84. The highest BCUT2D eigenvalue weighted by Crippen LogP contribution is 2.31. The molecule has 0 aliphatic carbocycles. The first-order valence-electron chi connectivity index (χ1n) is 5.13. The van der Waals surface area contributed by atoms with E-state index in [2.05, 4.69) is 31.9 Å². The summed E-state index contributed by atoms with van der Waals surface area (Å²) in [7, 11) is 0. The number of carboxylic acids is 1. The van der Waals surface area contributed by atoms with E-state index in [9.17, 15) is 9.18 Å². The molecule has 0 aliphatic heterocycles. The maximum absolute atomic E-state index is 13.6. The molecule has 6 heteroatoms. The fourth-order valence-electron chi connectivity index (χ4n) is 1.43. The minimum absolute atomic E-state index is 0.0393. The smallest absolute Gasteiger partial charge is 0.339 e. The Hall–Kier alpha value is -1.40. The van der Waals surface area contributed by atoms with Crippen LogP contribution in [0.4, 0.5) is 4.39 Å². The first-order valence-corrected chi connectivity index (χ1v) is 6.71. The van der Waals surface area contributed by atoms with E-state index in [-0.39, 0.29) is 17.1 Å². The number of halogens is 3. The molecule has 2 aromatic carbocycles. The van der Waals surface area contributed by atoms with Gasteiger partial charge in [-0.05, 0) is 36.4 Å². The van der Waals surface area contributed by atoms with Gasteiger partial charge in [0.1, 0.15) is 11.3 Å². The standard InChI is InChI=1S/C13H7Br2FO3/c14-7-1-3-9(13(17)18)11(5-7)19-12-6-8(15)2-4-10(12)16/h1-6H,(H,17,18). The van der Waals surface area contributed by atoms with Crippen molar-refractivity contribution < 1.29 is 19.0 Å². The molecule has 2 aromatic rings. The van der Waals surface area contributed by atoms with Gasteiger partial charge in [-0.3, -0.25) is 0 Å². The van der Waals surface area contributed by atoms with Crippen molar-refractivity contribution in [2.45, 2.75) is 0 Å². The van der Waals surface area contributed by atoms with Gasteiger partial charge in [0.2, 0.25) is 0 Å². The van der Waals surface area contributed by atoms with Gasteiger partial charge in [0.05, 0.1) is 0 Å². The number of hydrogen-bond donors (Lipinski definition) is 1. The highest BCUT2D eigenvalue weighted by Gasteiger charge is 2.14. The fraction of sp³-hybridized carbons (Fsp3) is 0. The molecule has 0 fully saturated rings. The van der Waals surface area contributed by atoms with Crippen molar-refractivity contribution in [3.8, 4) is 11.5 Å². The summed E-state index contributed by atoms with van der Waals surface area (Å²) in [6, 6.07) is 8.63. The van der Waals surface area contributed by atoms with Crippen molar-refractivity contribution >= 4 is 37.8 Å². The van der Waals surface area contributed by atoms with Crippen LogP contribution in [0.3, 0.4) is 0 Å². The van der Waals surface area contributed by atoms with E-state index in [1.165, 1.54) is 30.3 Å². The van der Waals surface area contributed by atoms with Crippen LogP contribution in [0.5, 0.6) is 11.5 Å². The van der Waals surface area contributed by atoms with Crippen LogP contribution in [0.25, 0.3) is 0 Å². The number of ether oxygens (including phenoxy) is 1. The van der Waals surface area contributed by atoms with Crippen molar-refractivity contribution in [1.82, 2.24) is 0 Å². The molecule has 0 radical (unpaired) electrons. The minimum atomic E-state index is -1.14. The maximum Gasteiger partial charge on any atom is 0.339 e. The molecule has 19 heavy (non-hydrogen) atoms. The number of hydrogen-bond acceptors (Lipinski definition) is 2. The average molecular weight is 390 g/mol. The molecule has 0 atom stereocenters. The Morgan fingerprint density at radius 1 is 1.05 bits per heavy atom. The van der Waals surface area contributed by atoms with Crippen LogP contribution in [-0.2, 0) is 0 Å². The molecule has 0 heterocycles. The largest absolute Gasteiger partial charge is 0.478 e. The van der Waals surface area contributed by atoms with E-state index in [0.717, 1.165) is 0 Å². The second-order valence-corrected chi connectivity index (χ2v) is 5.45. The molecular weight excluding hydrogens is 383 g/mol. The Kier molecular flexibility index (Phi) is 4.21. The van der Waals surface area contributed by atoms with Crippen molar-refractivity contribution in [1.29, 1.82) is 0 Å². The molecule has 98 valence electrons. The van der Waals surface area contributed by atoms with Crippen molar-refractivity contribution in [2.75, 3.05) is 0 Å². The summed E-state index contributed by atoms with van der Waals surface area (Å²) >= 11 is 6.42. The Balaban J connectivity index is 2.45. The Morgan fingerprint density at radius 2 is 1.63 bits per heavy atom. The number of carbonyl (C=O) groups is 1. The highest BCUT2D eigenvalue weighted by atomic mass is 79.9. The Bertz CT molecular complexity index is 644. The summed E-state index contributed by atoms with van der Waals surface area (Å²) in [6.07, 6.45) is 0. The first kappa shape index (κ1) is 14.0. The van der Waals surface area contributed by atoms with Gasteiger partial charge in [0.15, 0.2) is 11.6 Å². The molecule has 1 N–H and O–H groups in total. The van der Waals surface area contributed by atoms with Gasteiger partial charge < -0.3 is 9.84 Å². The van der Waals surface area contributed by atoms with Gasteiger partial charge in [-0.15, -0.1) is 0 Å². The zero-order chi connectivity index (χ0) is 14.0. The third-order valence-corrected chi connectivity index (χ3v) is 3.27. The third-order valence-electron chi connectivity index (χ3n) is 2.29. The zero-order valence-electron chi connectivity index (χ0n) is 9.36. The van der Waals surface area contributed by atoms with E-state index in [1.54, 1.807) is 6.07 Å². The number of benzene rings is 2. The van der Waals surface area contributed by atoms with Crippen LogP contribution in [0.1, 0.15) is 10.4 Å². The molecule has 3 nitrogen and oxygen atoms in total. The van der Waals surface area contributed by atoms with E-state index < -0.39 is 11.8 Å². The molecule has 0 aromatic heterocycles. The van der Waals surface area contributed by atoms with Gasteiger partial charge in [-0.25, -0.2) is 9.18 Å².